The molecule has 0 aromatic heterocycles. The molecular weight excluding hydrogens is 361 g/mol. The second kappa shape index (κ2) is 6.08. The fraction of sp³-hybridized carbons (Fsp3) is 0.571. The SMILES string of the molecule is C[C@H]1CC2=C(C[C@@H]1C)SC(=C1SC3=C(SCCS3)S1)S2. The minimum Gasteiger partial charge on any atom is -0.116 e. The maximum atomic E-state index is 2.41. The average molecular weight is 377 g/mol. The van der Waals surface area contributed by atoms with Gasteiger partial charge in [0.2, 0.25) is 0 Å². The van der Waals surface area contributed by atoms with E-state index in [2.05, 4.69) is 60.9 Å². The average Bonchev–Trinajstić information content (AvgIpc) is 3.02. The fourth-order valence-corrected chi connectivity index (χ4v) is 11.9. The first kappa shape index (κ1) is 14.9. The van der Waals surface area contributed by atoms with Crippen molar-refractivity contribution in [2.75, 3.05) is 11.5 Å². The molecule has 0 bridgehead atoms. The van der Waals surface area contributed by atoms with Gasteiger partial charge in [0.25, 0.3) is 0 Å². The zero-order valence-electron chi connectivity index (χ0n) is 11.4. The van der Waals surface area contributed by atoms with Crippen molar-refractivity contribution >= 4 is 70.6 Å². The highest BCUT2D eigenvalue weighted by molar-refractivity contribution is 8.43. The van der Waals surface area contributed by atoms with E-state index in [1.165, 1.54) is 24.3 Å². The summed E-state index contributed by atoms with van der Waals surface area (Å²) in [6.07, 6.45) is 2.61. The number of allylic oxidation sites excluding steroid dienone is 2. The van der Waals surface area contributed by atoms with E-state index in [0.717, 1.165) is 11.8 Å². The number of hydrogen-bond acceptors (Lipinski definition) is 6. The van der Waals surface area contributed by atoms with Gasteiger partial charge in [-0.25, -0.2) is 0 Å². The molecule has 0 N–H and O–H groups in total. The zero-order chi connectivity index (χ0) is 13.7. The summed E-state index contributed by atoms with van der Waals surface area (Å²) < 4.78 is 6.27. The van der Waals surface area contributed by atoms with E-state index in [0.29, 0.717) is 0 Å². The number of thioether (sulfide) groups is 6. The second-order valence-corrected chi connectivity index (χ2v) is 13.0. The van der Waals surface area contributed by atoms with Gasteiger partial charge in [0, 0.05) is 21.3 Å². The third-order valence-electron chi connectivity index (χ3n) is 3.98. The smallest absolute Gasteiger partial charge is 0.0717 e. The van der Waals surface area contributed by atoms with Gasteiger partial charge in [-0.05, 0) is 24.7 Å². The van der Waals surface area contributed by atoms with Gasteiger partial charge in [-0.3, -0.25) is 0 Å². The maximum absolute atomic E-state index is 2.41. The normalized spacial score (nSPS) is 33.9. The molecule has 0 fully saturated rings. The van der Waals surface area contributed by atoms with E-state index in [1.54, 1.807) is 26.8 Å². The summed E-state index contributed by atoms with van der Waals surface area (Å²) in [6.45, 7) is 4.83. The molecule has 0 nitrogen and oxygen atoms in total. The van der Waals surface area contributed by atoms with Gasteiger partial charge < -0.3 is 0 Å². The quantitative estimate of drug-likeness (QED) is 0.445. The van der Waals surface area contributed by atoms with Crippen LogP contribution in [0.25, 0.3) is 0 Å². The Kier molecular flexibility index (Phi) is 4.52. The van der Waals surface area contributed by atoms with Crippen molar-refractivity contribution in [1.82, 2.24) is 0 Å². The molecule has 0 amide bonds. The molecule has 108 valence electrons. The topological polar surface area (TPSA) is 0 Å². The fourth-order valence-electron chi connectivity index (χ4n) is 2.54. The molecule has 0 aromatic carbocycles. The lowest BCUT2D eigenvalue weighted by Gasteiger charge is -2.25. The molecule has 0 radical (unpaired) electrons. The van der Waals surface area contributed by atoms with Crippen LogP contribution in [-0.4, -0.2) is 11.5 Å². The lowest BCUT2D eigenvalue weighted by atomic mass is 9.86. The zero-order valence-corrected chi connectivity index (χ0v) is 16.3. The van der Waals surface area contributed by atoms with Crippen LogP contribution in [0.15, 0.2) is 26.8 Å². The minimum absolute atomic E-state index is 0.854. The predicted molar refractivity (Wildman–Crippen MR) is 104 cm³/mol. The van der Waals surface area contributed by atoms with Gasteiger partial charge in [0.15, 0.2) is 0 Å². The molecule has 0 saturated heterocycles. The Balaban J connectivity index is 1.52. The van der Waals surface area contributed by atoms with Crippen molar-refractivity contribution in [2.45, 2.75) is 26.7 Å². The molecule has 0 saturated carbocycles. The highest BCUT2D eigenvalue weighted by Gasteiger charge is 2.34. The molecule has 1 aliphatic carbocycles. The Bertz CT molecular complexity index is 500. The van der Waals surface area contributed by atoms with Crippen LogP contribution in [0.1, 0.15) is 26.7 Å². The summed E-state index contributed by atoms with van der Waals surface area (Å²) in [6, 6.07) is 0. The summed E-state index contributed by atoms with van der Waals surface area (Å²) in [5.41, 5.74) is 0. The van der Waals surface area contributed by atoms with Crippen molar-refractivity contribution in [3.63, 3.8) is 0 Å². The van der Waals surface area contributed by atoms with Gasteiger partial charge in [-0.15, -0.1) is 23.5 Å². The summed E-state index contributed by atoms with van der Waals surface area (Å²) in [4.78, 5) is 3.35. The molecule has 4 aliphatic rings. The maximum Gasteiger partial charge on any atom is 0.0717 e. The lowest BCUT2D eigenvalue weighted by molar-refractivity contribution is 0.374. The largest absolute Gasteiger partial charge is 0.116 e. The Labute approximate surface area is 146 Å². The first-order valence-electron chi connectivity index (χ1n) is 6.88. The molecule has 2 atom stereocenters. The minimum atomic E-state index is 0.854. The van der Waals surface area contributed by atoms with E-state index >= 15 is 0 Å². The highest BCUT2D eigenvalue weighted by Crippen LogP contribution is 2.66. The van der Waals surface area contributed by atoms with Crippen LogP contribution < -0.4 is 0 Å². The van der Waals surface area contributed by atoms with Gasteiger partial charge in [0.1, 0.15) is 0 Å². The monoisotopic (exact) mass is 376 g/mol. The van der Waals surface area contributed by atoms with Gasteiger partial charge in [-0.2, -0.15) is 0 Å². The third-order valence-corrected chi connectivity index (χ3v) is 13.0. The molecular formula is C14H16S6. The Morgan fingerprint density at radius 2 is 1.10 bits per heavy atom. The van der Waals surface area contributed by atoms with E-state index < -0.39 is 0 Å². The van der Waals surface area contributed by atoms with Crippen LogP contribution in [0, 0.1) is 11.8 Å². The third kappa shape index (κ3) is 2.78. The van der Waals surface area contributed by atoms with Crippen LogP contribution in [-0.2, 0) is 0 Å². The summed E-state index contributed by atoms with van der Waals surface area (Å²) in [7, 11) is 0. The van der Waals surface area contributed by atoms with Crippen molar-refractivity contribution in [3.8, 4) is 0 Å². The van der Waals surface area contributed by atoms with Gasteiger partial charge >= 0.3 is 0 Å². The highest BCUT2D eigenvalue weighted by atomic mass is 32.3. The van der Waals surface area contributed by atoms with Crippen molar-refractivity contribution < 1.29 is 0 Å². The molecule has 20 heavy (non-hydrogen) atoms. The number of hydrogen-bond donors (Lipinski definition) is 0. The Hall–Kier alpha value is 1.32. The molecule has 0 spiro atoms. The summed E-state index contributed by atoms with van der Waals surface area (Å²) >= 11 is 12.3. The molecule has 4 rings (SSSR count). The van der Waals surface area contributed by atoms with E-state index in [1.807, 2.05) is 23.5 Å². The van der Waals surface area contributed by atoms with Crippen molar-refractivity contribution in [2.24, 2.45) is 11.8 Å². The van der Waals surface area contributed by atoms with Crippen LogP contribution in [0.2, 0.25) is 0 Å². The van der Waals surface area contributed by atoms with Gasteiger partial charge in [0.05, 0.1) is 16.9 Å². The van der Waals surface area contributed by atoms with E-state index in [-0.39, 0.29) is 0 Å². The Morgan fingerprint density at radius 1 is 0.650 bits per heavy atom. The van der Waals surface area contributed by atoms with E-state index in [9.17, 15) is 0 Å². The van der Waals surface area contributed by atoms with Crippen molar-refractivity contribution in [3.05, 3.63) is 26.8 Å². The van der Waals surface area contributed by atoms with Crippen LogP contribution in [0.3, 0.4) is 0 Å². The molecule has 3 aliphatic heterocycles. The van der Waals surface area contributed by atoms with E-state index in [4.69, 9.17) is 0 Å². The van der Waals surface area contributed by atoms with Crippen LogP contribution in [0.5, 0.6) is 0 Å². The first-order chi connectivity index (χ1) is 9.70. The lowest BCUT2D eigenvalue weighted by Crippen LogP contribution is -2.13. The molecule has 3 heterocycles. The first-order valence-corrected chi connectivity index (χ1v) is 12.1. The van der Waals surface area contributed by atoms with Gasteiger partial charge in [-0.1, -0.05) is 60.9 Å². The Morgan fingerprint density at radius 3 is 1.60 bits per heavy atom. The standard InChI is InChI=1S/C14H16S6/c1-7-5-9-10(6-8(7)2)18-13(17-9)14-19-11-12(20-14)16-4-3-15-11/h7-8H,3-6H2,1-2H3/t7-,8-/m0/s1. The second-order valence-electron chi connectivity index (χ2n) is 5.46. The number of rotatable bonds is 0. The molecule has 0 unspecified atom stereocenters. The summed E-state index contributed by atoms with van der Waals surface area (Å²) in [5.74, 6) is 4.27. The summed E-state index contributed by atoms with van der Waals surface area (Å²) in [5, 5.41) is 0. The molecule has 6 heteroatoms. The van der Waals surface area contributed by atoms with Crippen molar-refractivity contribution in [1.29, 1.82) is 0 Å². The van der Waals surface area contributed by atoms with Crippen LogP contribution in [0.4, 0.5) is 0 Å². The molecule has 0 aromatic rings. The van der Waals surface area contributed by atoms with Crippen LogP contribution >= 0.6 is 70.6 Å². The predicted octanol–water partition coefficient (Wildman–Crippen LogP) is 6.96.